The minimum absolute atomic E-state index is 0.390. The van der Waals surface area contributed by atoms with Crippen molar-refractivity contribution in [1.29, 1.82) is 0 Å². The summed E-state index contributed by atoms with van der Waals surface area (Å²) < 4.78 is 14.8. The summed E-state index contributed by atoms with van der Waals surface area (Å²) in [7, 11) is 0. The maximum absolute atomic E-state index is 13.3. The van der Waals surface area contributed by atoms with Crippen LogP contribution in [-0.4, -0.2) is 20.2 Å². The van der Waals surface area contributed by atoms with Gasteiger partial charge in [0.05, 0.1) is 11.4 Å². The molecule has 94 valence electrons. The topological polar surface area (TPSA) is 69.6 Å². The summed E-state index contributed by atoms with van der Waals surface area (Å²) in [5.74, 6) is 0.122. The number of nitrogens with zero attached hydrogens (tertiary/aromatic N) is 4. The predicted octanol–water partition coefficient (Wildman–Crippen LogP) is 2.05. The van der Waals surface area contributed by atoms with Crippen molar-refractivity contribution >= 4 is 5.69 Å². The van der Waals surface area contributed by atoms with Crippen LogP contribution in [0.1, 0.15) is 0 Å². The number of halogens is 1. The molecule has 0 aliphatic carbocycles. The number of aromatic nitrogens is 4. The van der Waals surface area contributed by atoms with Crippen LogP contribution >= 0.6 is 0 Å². The lowest BCUT2D eigenvalue weighted by atomic mass is 10.2. The van der Waals surface area contributed by atoms with Crippen LogP contribution in [0.3, 0.4) is 0 Å². The van der Waals surface area contributed by atoms with Crippen LogP contribution in [0.15, 0.2) is 48.5 Å². The Hall–Kier alpha value is -2.76. The highest BCUT2D eigenvalue weighted by atomic mass is 19.1. The van der Waals surface area contributed by atoms with E-state index in [-0.39, 0.29) is 0 Å². The Morgan fingerprint density at radius 3 is 2.63 bits per heavy atom. The molecule has 0 aliphatic rings. The molecule has 1 aromatic heterocycles. The van der Waals surface area contributed by atoms with Crippen LogP contribution in [0.5, 0.6) is 0 Å². The molecule has 0 saturated heterocycles. The fourth-order valence-electron chi connectivity index (χ4n) is 1.82. The molecule has 3 aromatic rings. The van der Waals surface area contributed by atoms with E-state index in [2.05, 4.69) is 15.5 Å². The van der Waals surface area contributed by atoms with Crippen LogP contribution in [0.25, 0.3) is 17.1 Å². The number of rotatable bonds is 2. The van der Waals surface area contributed by atoms with E-state index in [9.17, 15) is 4.39 Å². The largest absolute Gasteiger partial charge is 0.397 e. The van der Waals surface area contributed by atoms with Crippen molar-refractivity contribution in [2.75, 3.05) is 5.73 Å². The Labute approximate surface area is 108 Å². The van der Waals surface area contributed by atoms with Gasteiger partial charge in [-0.2, -0.15) is 4.68 Å². The lowest BCUT2D eigenvalue weighted by Gasteiger charge is -2.07. The van der Waals surface area contributed by atoms with Gasteiger partial charge >= 0.3 is 0 Å². The fourth-order valence-corrected chi connectivity index (χ4v) is 1.82. The third kappa shape index (κ3) is 2.03. The maximum atomic E-state index is 13.3. The van der Waals surface area contributed by atoms with Crippen molar-refractivity contribution in [2.24, 2.45) is 0 Å². The van der Waals surface area contributed by atoms with Crippen LogP contribution < -0.4 is 5.73 Å². The lowest BCUT2D eigenvalue weighted by molar-refractivity contribution is 0.625. The van der Waals surface area contributed by atoms with Gasteiger partial charge in [0.25, 0.3) is 0 Å². The summed E-state index contributed by atoms with van der Waals surface area (Å²) in [6, 6.07) is 13.5. The molecule has 1 heterocycles. The van der Waals surface area contributed by atoms with Crippen molar-refractivity contribution < 1.29 is 4.39 Å². The first-order chi connectivity index (χ1) is 9.25. The van der Waals surface area contributed by atoms with Gasteiger partial charge in [-0.1, -0.05) is 30.3 Å². The number of nitrogen functional groups attached to an aromatic ring is 1. The van der Waals surface area contributed by atoms with E-state index < -0.39 is 5.82 Å². The number of nitrogens with two attached hydrogens (primary N) is 1. The summed E-state index contributed by atoms with van der Waals surface area (Å²) >= 11 is 0. The molecular formula is C13H10FN5. The summed E-state index contributed by atoms with van der Waals surface area (Å²) in [6.07, 6.45) is 0. The molecule has 5 nitrogen and oxygen atoms in total. The van der Waals surface area contributed by atoms with Crippen LogP contribution in [0.2, 0.25) is 0 Å². The maximum Gasteiger partial charge on any atom is 0.187 e. The molecule has 19 heavy (non-hydrogen) atoms. The molecule has 2 N–H and O–H groups in total. The average Bonchev–Trinajstić information content (AvgIpc) is 2.91. The van der Waals surface area contributed by atoms with E-state index >= 15 is 0 Å². The molecule has 3 rings (SSSR count). The molecular weight excluding hydrogens is 245 g/mol. The van der Waals surface area contributed by atoms with E-state index in [1.807, 2.05) is 30.3 Å². The van der Waals surface area contributed by atoms with Crippen LogP contribution in [0.4, 0.5) is 10.1 Å². The third-order valence-electron chi connectivity index (χ3n) is 2.72. The highest BCUT2D eigenvalue weighted by Gasteiger charge is 2.13. The third-order valence-corrected chi connectivity index (χ3v) is 2.72. The SMILES string of the molecule is Nc1ccc(F)cc1-n1nnnc1-c1ccccc1. The molecule has 0 bridgehead atoms. The summed E-state index contributed by atoms with van der Waals surface area (Å²) in [5, 5.41) is 11.5. The summed E-state index contributed by atoms with van der Waals surface area (Å²) in [6.45, 7) is 0. The molecule has 0 saturated carbocycles. The minimum atomic E-state index is -0.390. The second kappa shape index (κ2) is 4.49. The number of hydrogen-bond donors (Lipinski definition) is 1. The highest BCUT2D eigenvalue weighted by Crippen LogP contribution is 2.23. The number of hydrogen-bond acceptors (Lipinski definition) is 4. The zero-order chi connectivity index (χ0) is 13.2. The van der Waals surface area contributed by atoms with Gasteiger partial charge < -0.3 is 5.73 Å². The van der Waals surface area contributed by atoms with Gasteiger partial charge in [-0.15, -0.1) is 5.10 Å². The van der Waals surface area contributed by atoms with E-state index in [4.69, 9.17) is 5.73 Å². The molecule has 0 atom stereocenters. The number of anilines is 1. The van der Waals surface area contributed by atoms with Gasteiger partial charge in [0.15, 0.2) is 5.82 Å². The number of benzene rings is 2. The Bertz CT molecular complexity index is 708. The van der Waals surface area contributed by atoms with Crippen LogP contribution in [-0.2, 0) is 0 Å². The summed E-state index contributed by atoms with van der Waals surface area (Å²) in [5.41, 5.74) is 7.50. The molecule has 0 unspecified atom stereocenters. The van der Waals surface area contributed by atoms with E-state index in [0.29, 0.717) is 17.2 Å². The Morgan fingerprint density at radius 1 is 1.05 bits per heavy atom. The fraction of sp³-hybridized carbons (Fsp3) is 0. The van der Waals surface area contributed by atoms with Crippen molar-refractivity contribution in [3.8, 4) is 17.1 Å². The monoisotopic (exact) mass is 255 g/mol. The molecule has 6 heteroatoms. The van der Waals surface area contributed by atoms with E-state index in [1.54, 1.807) is 0 Å². The Kier molecular flexibility index (Phi) is 2.68. The number of tetrazole rings is 1. The Morgan fingerprint density at radius 2 is 1.84 bits per heavy atom. The van der Waals surface area contributed by atoms with Gasteiger partial charge in [0.1, 0.15) is 5.82 Å². The predicted molar refractivity (Wildman–Crippen MR) is 69.0 cm³/mol. The molecule has 0 fully saturated rings. The molecule has 0 amide bonds. The Balaban J connectivity index is 2.18. The first-order valence-electron chi connectivity index (χ1n) is 5.65. The molecule has 2 aromatic carbocycles. The van der Waals surface area contributed by atoms with Crippen molar-refractivity contribution in [3.05, 3.63) is 54.3 Å². The summed E-state index contributed by atoms with van der Waals surface area (Å²) in [4.78, 5) is 0. The molecule has 0 aliphatic heterocycles. The second-order valence-electron chi connectivity index (χ2n) is 3.98. The van der Waals surface area contributed by atoms with Gasteiger partial charge in [0.2, 0.25) is 0 Å². The standard InChI is InChI=1S/C13H10FN5/c14-10-6-7-11(15)12(8-10)19-13(16-17-18-19)9-4-2-1-3-5-9/h1-8H,15H2. The van der Waals surface area contributed by atoms with Gasteiger partial charge in [-0.25, -0.2) is 4.39 Å². The minimum Gasteiger partial charge on any atom is -0.397 e. The van der Waals surface area contributed by atoms with Crippen molar-refractivity contribution in [1.82, 2.24) is 20.2 Å². The zero-order valence-electron chi connectivity index (χ0n) is 9.86. The van der Waals surface area contributed by atoms with E-state index in [0.717, 1.165) is 5.56 Å². The molecule has 0 spiro atoms. The van der Waals surface area contributed by atoms with Gasteiger partial charge in [0, 0.05) is 11.6 Å². The smallest absolute Gasteiger partial charge is 0.187 e. The van der Waals surface area contributed by atoms with Gasteiger partial charge in [-0.05, 0) is 22.6 Å². The van der Waals surface area contributed by atoms with E-state index in [1.165, 1.54) is 22.9 Å². The second-order valence-corrected chi connectivity index (χ2v) is 3.98. The molecule has 0 radical (unpaired) electrons. The zero-order valence-corrected chi connectivity index (χ0v) is 9.86. The first-order valence-corrected chi connectivity index (χ1v) is 5.65. The highest BCUT2D eigenvalue weighted by molar-refractivity contribution is 5.63. The average molecular weight is 255 g/mol. The lowest BCUT2D eigenvalue weighted by Crippen LogP contribution is -2.04. The normalized spacial score (nSPS) is 10.6. The van der Waals surface area contributed by atoms with Crippen LogP contribution in [0, 0.1) is 5.82 Å². The van der Waals surface area contributed by atoms with Crippen molar-refractivity contribution in [3.63, 3.8) is 0 Å². The first kappa shape index (κ1) is 11.3. The van der Waals surface area contributed by atoms with Crippen molar-refractivity contribution in [2.45, 2.75) is 0 Å². The van der Waals surface area contributed by atoms with Gasteiger partial charge in [-0.3, -0.25) is 0 Å². The quantitative estimate of drug-likeness (QED) is 0.711.